The van der Waals surface area contributed by atoms with Crippen LogP contribution in [-0.4, -0.2) is 30.3 Å². The topological polar surface area (TPSA) is 89.1 Å². The molecule has 0 spiro atoms. The van der Waals surface area contributed by atoms with Crippen molar-refractivity contribution in [2.75, 3.05) is 6.54 Å². The third-order valence-corrected chi connectivity index (χ3v) is 3.56. The number of nitrogens with one attached hydrogen (secondary N) is 1. The summed E-state index contributed by atoms with van der Waals surface area (Å²) in [5.41, 5.74) is 6.55. The van der Waals surface area contributed by atoms with Crippen LogP contribution in [0.3, 0.4) is 0 Å². The van der Waals surface area contributed by atoms with E-state index in [1.807, 2.05) is 0 Å². The summed E-state index contributed by atoms with van der Waals surface area (Å²) in [5.74, 6) is -0.822. The maximum absolute atomic E-state index is 12.1. The van der Waals surface area contributed by atoms with Gasteiger partial charge in [0.15, 0.2) is 5.96 Å². The number of halogens is 6. The van der Waals surface area contributed by atoms with Crippen molar-refractivity contribution in [1.82, 2.24) is 5.32 Å². The van der Waals surface area contributed by atoms with Crippen LogP contribution >= 0.6 is 0 Å². The molecule has 2 rings (SSSR count). The number of aliphatic imine (C=N–C) groups is 1. The summed E-state index contributed by atoms with van der Waals surface area (Å²) in [6, 6.07) is 9.71. The van der Waals surface area contributed by atoms with Crippen LogP contribution in [0.4, 0.5) is 26.3 Å². The third-order valence-electron chi connectivity index (χ3n) is 3.56. The molecule has 6 nitrogen and oxygen atoms in total. The van der Waals surface area contributed by atoms with Crippen molar-refractivity contribution >= 4 is 5.96 Å². The van der Waals surface area contributed by atoms with E-state index in [-0.39, 0.29) is 24.8 Å². The molecule has 164 valence electrons. The molecule has 0 aliphatic rings. The average molecular weight is 437 g/mol. The van der Waals surface area contributed by atoms with E-state index in [4.69, 9.17) is 5.73 Å². The predicted octanol–water partition coefficient (Wildman–Crippen LogP) is 3.62. The van der Waals surface area contributed by atoms with Crippen molar-refractivity contribution in [3.8, 4) is 11.5 Å². The number of hydrogen-bond donors (Lipinski definition) is 3. The summed E-state index contributed by atoms with van der Waals surface area (Å²) >= 11 is 0. The fourth-order valence-electron chi connectivity index (χ4n) is 2.24. The zero-order chi connectivity index (χ0) is 22.4. The number of rotatable bonds is 7. The Hall–Kier alpha value is -3.15. The highest BCUT2D eigenvalue weighted by Crippen LogP contribution is 2.24. The number of benzene rings is 2. The molecule has 12 heteroatoms. The summed E-state index contributed by atoms with van der Waals surface area (Å²) in [7, 11) is 0. The molecule has 0 bridgehead atoms. The van der Waals surface area contributed by atoms with Crippen LogP contribution in [-0.2, 0) is 6.54 Å². The second-order valence-electron chi connectivity index (χ2n) is 5.91. The molecule has 0 aliphatic carbocycles. The average Bonchev–Trinajstić information content (AvgIpc) is 2.63. The van der Waals surface area contributed by atoms with Gasteiger partial charge in [-0.05, 0) is 35.4 Å². The first-order valence-corrected chi connectivity index (χ1v) is 8.33. The van der Waals surface area contributed by atoms with Gasteiger partial charge in [0.2, 0.25) is 0 Å². The van der Waals surface area contributed by atoms with Crippen LogP contribution in [0.15, 0.2) is 53.5 Å². The summed E-state index contributed by atoms with van der Waals surface area (Å²) in [6.45, 7) is -0.0160. The summed E-state index contributed by atoms with van der Waals surface area (Å²) in [4.78, 5) is 3.98. The van der Waals surface area contributed by atoms with Crippen LogP contribution in [0, 0.1) is 0 Å². The van der Waals surface area contributed by atoms with E-state index < -0.39 is 24.6 Å². The van der Waals surface area contributed by atoms with E-state index in [1.54, 1.807) is 0 Å². The monoisotopic (exact) mass is 437 g/mol. The van der Waals surface area contributed by atoms with Gasteiger partial charge in [-0.15, -0.1) is 26.3 Å². The van der Waals surface area contributed by atoms with Gasteiger partial charge in [0.1, 0.15) is 11.5 Å². The highest BCUT2D eigenvalue weighted by atomic mass is 19.4. The number of ether oxygens (including phenoxy) is 2. The Morgan fingerprint density at radius 3 is 1.83 bits per heavy atom. The largest absolute Gasteiger partial charge is 0.573 e. The zero-order valence-electron chi connectivity index (χ0n) is 15.2. The van der Waals surface area contributed by atoms with E-state index in [9.17, 15) is 31.4 Å². The molecular weight excluding hydrogens is 420 g/mol. The van der Waals surface area contributed by atoms with Gasteiger partial charge in [0.25, 0.3) is 0 Å². The molecule has 0 radical (unpaired) electrons. The third kappa shape index (κ3) is 8.47. The number of alkyl halides is 6. The molecule has 2 aromatic carbocycles. The van der Waals surface area contributed by atoms with Gasteiger partial charge >= 0.3 is 12.7 Å². The van der Waals surface area contributed by atoms with Crippen molar-refractivity contribution in [1.29, 1.82) is 0 Å². The van der Waals surface area contributed by atoms with Crippen molar-refractivity contribution in [2.24, 2.45) is 10.7 Å². The first-order valence-electron chi connectivity index (χ1n) is 8.33. The summed E-state index contributed by atoms with van der Waals surface area (Å²) < 4.78 is 80.2. The first-order chi connectivity index (χ1) is 13.9. The lowest BCUT2D eigenvalue weighted by molar-refractivity contribution is -0.275. The van der Waals surface area contributed by atoms with Crippen molar-refractivity contribution < 1.29 is 40.9 Å². The van der Waals surface area contributed by atoms with E-state index >= 15 is 0 Å². The minimum absolute atomic E-state index is 0.0401. The lowest BCUT2D eigenvalue weighted by Crippen LogP contribution is -2.34. The number of aliphatic hydroxyl groups is 1. The molecule has 1 atom stereocenters. The van der Waals surface area contributed by atoms with Crippen molar-refractivity contribution in [2.45, 2.75) is 25.4 Å². The Balaban J connectivity index is 1.83. The summed E-state index contributed by atoms with van der Waals surface area (Å²) in [5, 5.41) is 12.7. The SMILES string of the molecule is NC(=NCc1ccc(OC(F)(F)F)cc1)NCC(O)c1ccc(OC(F)(F)F)cc1. The predicted molar refractivity (Wildman–Crippen MR) is 94.5 cm³/mol. The van der Waals surface area contributed by atoms with Crippen LogP contribution in [0.5, 0.6) is 11.5 Å². The van der Waals surface area contributed by atoms with Gasteiger partial charge < -0.3 is 25.6 Å². The Labute approximate surface area is 166 Å². The molecule has 0 aliphatic heterocycles. The Bertz CT molecular complexity index is 836. The van der Waals surface area contributed by atoms with Crippen LogP contribution in [0.2, 0.25) is 0 Å². The number of aliphatic hydroxyl groups excluding tert-OH is 1. The molecule has 0 amide bonds. The van der Waals surface area contributed by atoms with Crippen molar-refractivity contribution in [3.05, 3.63) is 59.7 Å². The quantitative estimate of drug-likeness (QED) is 0.350. The molecule has 0 fully saturated rings. The lowest BCUT2D eigenvalue weighted by atomic mass is 10.1. The molecule has 0 saturated heterocycles. The Morgan fingerprint density at radius 1 is 0.900 bits per heavy atom. The second-order valence-corrected chi connectivity index (χ2v) is 5.91. The molecule has 0 heterocycles. The highest BCUT2D eigenvalue weighted by Gasteiger charge is 2.31. The van der Waals surface area contributed by atoms with Gasteiger partial charge in [0.05, 0.1) is 12.6 Å². The standard InChI is InChI=1S/C18H17F6N3O3/c19-17(20,21)29-13-5-1-11(2-6-13)9-26-16(25)27-10-15(28)12-3-7-14(8-4-12)30-18(22,23)24/h1-8,15,28H,9-10H2,(H3,25,26,27). The van der Waals surface area contributed by atoms with Gasteiger partial charge in [-0.3, -0.25) is 0 Å². The van der Waals surface area contributed by atoms with Gasteiger partial charge in [-0.2, -0.15) is 0 Å². The number of nitrogens with two attached hydrogens (primary N) is 1. The van der Waals surface area contributed by atoms with Crippen molar-refractivity contribution in [3.63, 3.8) is 0 Å². The molecule has 1 unspecified atom stereocenters. The lowest BCUT2D eigenvalue weighted by Gasteiger charge is -2.14. The molecule has 0 aromatic heterocycles. The van der Waals surface area contributed by atoms with Gasteiger partial charge in [0, 0.05) is 6.54 Å². The second kappa shape index (κ2) is 9.57. The van der Waals surface area contributed by atoms with E-state index in [2.05, 4.69) is 19.8 Å². The van der Waals surface area contributed by atoms with E-state index in [0.29, 0.717) is 11.1 Å². The minimum Gasteiger partial charge on any atom is -0.406 e. The molecule has 2 aromatic rings. The smallest absolute Gasteiger partial charge is 0.406 e. The van der Waals surface area contributed by atoms with Crippen LogP contribution in [0.25, 0.3) is 0 Å². The Kier molecular flexibility index (Phi) is 7.38. The normalized spacial score (nSPS) is 13.6. The van der Waals surface area contributed by atoms with E-state index in [0.717, 1.165) is 24.3 Å². The molecule has 0 saturated carbocycles. The molecular formula is C18H17F6N3O3. The Morgan fingerprint density at radius 2 is 1.37 bits per heavy atom. The van der Waals surface area contributed by atoms with Gasteiger partial charge in [-0.25, -0.2) is 4.99 Å². The minimum atomic E-state index is -4.81. The fourth-order valence-corrected chi connectivity index (χ4v) is 2.24. The van der Waals surface area contributed by atoms with Gasteiger partial charge in [-0.1, -0.05) is 24.3 Å². The van der Waals surface area contributed by atoms with Crippen LogP contribution < -0.4 is 20.5 Å². The number of nitrogens with zero attached hydrogens (tertiary/aromatic N) is 1. The number of guanidine groups is 1. The van der Waals surface area contributed by atoms with Crippen LogP contribution in [0.1, 0.15) is 17.2 Å². The fraction of sp³-hybridized carbons (Fsp3) is 0.278. The highest BCUT2D eigenvalue weighted by molar-refractivity contribution is 5.77. The molecule has 30 heavy (non-hydrogen) atoms. The van der Waals surface area contributed by atoms with E-state index in [1.165, 1.54) is 24.3 Å². The maximum Gasteiger partial charge on any atom is 0.573 e. The number of hydrogen-bond acceptors (Lipinski definition) is 4. The maximum atomic E-state index is 12.1. The summed E-state index contributed by atoms with van der Waals surface area (Å²) in [6.07, 6.45) is -10.7. The zero-order valence-corrected chi connectivity index (χ0v) is 15.2. The molecule has 4 N–H and O–H groups in total. The first kappa shape index (κ1) is 23.1.